The molecule has 1 aliphatic rings. The Bertz CT molecular complexity index is 390. The number of hydrogen-bond donors (Lipinski definition) is 1. The predicted octanol–water partition coefficient (Wildman–Crippen LogP) is 3.23. The Hall–Kier alpha value is -0.730. The third kappa shape index (κ3) is 3.14. The minimum absolute atomic E-state index is 0.557. The average molecular weight is 253 g/mol. The average Bonchev–Trinajstić information content (AvgIpc) is 2.69. The first kappa shape index (κ1) is 12.7. The van der Waals surface area contributed by atoms with Gasteiger partial charge in [0.25, 0.3) is 0 Å². The highest BCUT2D eigenvalue weighted by Gasteiger charge is 2.22. The van der Waals surface area contributed by atoms with Crippen molar-refractivity contribution in [3.63, 3.8) is 0 Å². The van der Waals surface area contributed by atoms with Crippen LogP contribution in [0.15, 0.2) is 18.2 Å². The van der Waals surface area contributed by atoms with Gasteiger partial charge in [-0.25, -0.2) is 0 Å². The van der Waals surface area contributed by atoms with Crippen molar-refractivity contribution in [2.24, 2.45) is 0 Å². The van der Waals surface area contributed by atoms with E-state index in [2.05, 4.69) is 42.3 Å². The molecule has 1 fully saturated rings. The zero-order valence-corrected chi connectivity index (χ0v) is 11.6. The topological polar surface area (TPSA) is 15.3 Å². The van der Waals surface area contributed by atoms with Gasteiger partial charge in [-0.05, 0) is 31.0 Å². The molecular weight excluding hydrogens is 232 g/mol. The van der Waals surface area contributed by atoms with E-state index in [1.54, 1.807) is 0 Å². The van der Waals surface area contributed by atoms with Gasteiger partial charge in [0, 0.05) is 35.9 Å². The van der Waals surface area contributed by atoms with Crippen LogP contribution in [0.5, 0.6) is 0 Å². The van der Waals surface area contributed by atoms with E-state index in [0.29, 0.717) is 12.1 Å². The summed E-state index contributed by atoms with van der Waals surface area (Å²) in [6.45, 7) is 8.64. The molecule has 1 aromatic rings. The molecule has 0 bridgehead atoms. The molecule has 1 atom stereocenters. The third-order valence-electron chi connectivity index (χ3n) is 3.28. The fourth-order valence-electron chi connectivity index (χ4n) is 2.38. The van der Waals surface area contributed by atoms with Crippen molar-refractivity contribution >= 4 is 17.3 Å². The van der Waals surface area contributed by atoms with Gasteiger partial charge < -0.3 is 10.2 Å². The van der Waals surface area contributed by atoms with Gasteiger partial charge in [-0.15, -0.1) is 0 Å². The number of anilines is 1. The lowest BCUT2D eigenvalue weighted by atomic mass is 10.2. The summed E-state index contributed by atoms with van der Waals surface area (Å²) >= 11 is 6.17. The Labute approximate surface area is 109 Å². The van der Waals surface area contributed by atoms with Gasteiger partial charge in [-0.1, -0.05) is 31.5 Å². The molecular formula is C14H21ClN2. The molecule has 94 valence electrons. The number of hydrogen-bond acceptors (Lipinski definition) is 2. The summed E-state index contributed by atoms with van der Waals surface area (Å²) in [6.07, 6.45) is 1.21. The molecule has 0 aliphatic carbocycles. The van der Waals surface area contributed by atoms with Crippen LogP contribution in [0, 0.1) is 6.92 Å². The quantitative estimate of drug-likeness (QED) is 0.889. The summed E-state index contributed by atoms with van der Waals surface area (Å²) in [7, 11) is 0. The standard InChI is InChI=1S/C14H21ClN2/c1-10(2)16-12-6-7-17(9-12)13-5-4-11(3)14(15)8-13/h4-5,8,10,12,16H,6-7,9H2,1-3H3. The molecule has 0 aromatic heterocycles. The lowest BCUT2D eigenvalue weighted by Crippen LogP contribution is -2.37. The maximum absolute atomic E-state index is 6.17. The van der Waals surface area contributed by atoms with Gasteiger partial charge in [0.2, 0.25) is 0 Å². The van der Waals surface area contributed by atoms with Crippen molar-refractivity contribution in [2.75, 3.05) is 18.0 Å². The molecule has 1 unspecified atom stereocenters. The number of halogens is 1. The van der Waals surface area contributed by atoms with Gasteiger partial charge in [-0.3, -0.25) is 0 Å². The van der Waals surface area contributed by atoms with Crippen LogP contribution in [0.2, 0.25) is 5.02 Å². The minimum atomic E-state index is 0.557. The van der Waals surface area contributed by atoms with Gasteiger partial charge >= 0.3 is 0 Å². The van der Waals surface area contributed by atoms with Crippen LogP contribution in [-0.2, 0) is 0 Å². The molecule has 2 rings (SSSR count). The molecule has 0 saturated carbocycles. The van der Waals surface area contributed by atoms with Crippen molar-refractivity contribution in [1.82, 2.24) is 5.32 Å². The van der Waals surface area contributed by atoms with E-state index in [0.717, 1.165) is 23.7 Å². The largest absolute Gasteiger partial charge is 0.370 e. The lowest BCUT2D eigenvalue weighted by molar-refractivity contribution is 0.492. The molecule has 2 nitrogen and oxygen atoms in total. The molecule has 3 heteroatoms. The van der Waals surface area contributed by atoms with Crippen LogP contribution >= 0.6 is 11.6 Å². The highest BCUT2D eigenvalue weighted by molar-refractivity contribution is 6.31. The number of benzene rings is 1. The van der Waals surface area contributed by atoms with Crippen molar-refractivity contribution in [3.05, 3.63) is 28.8 Å². The first-order valence-electron chi connectivity index (χ1n) is 6.33. The molecule has 1 heterocycles. The highest BCUT2D eigenvalue weighted by Crippen LogP contribution is 2.26. The van der Waals surface area contributed by atoms with Crippen molar-refractivity contribution < 1.29 is 0 Å². The second kappa shape index (κ2) is 5.28. The van der Waals surface area contributed by atoms with Crippen LogP contribution in [0.3, 0.4) is 0 Å². The second-order valence-corrected chi connectivity index (χ2v) is 5.59. The van der Waals surface area contributed by atoms with Gasteiger partial charge in [-0.2, -0.15) is 0 Å². The Morgan fingerprint density at radius 2 is 2.18 bits per heavy atom. The van der Waals surface area contributed by atoms with E-state index in [1.807, 2.05) is 6.92 Å². The van der Waals surface area contributed by atoms with E-state index in [9.17, 15) is 0 Å². The van der Waals surface area contributed by atoms with E-state index >= 15 is 0 Å². The molecule has 1 aromatic carbocycles. The lowest BCUT2D eigenvalue weighted by Gasteiger charge is -2.20. The van der Waals surface area contributed by atoms with E-state index < -0.39 is 0 Å². The summed E-state index contributed by atoms with van der Waals surface area (Å²) in [6, 6.07) is 7.51. The summed E-state index contributed by atoms with van der Waals surface area (Å²) in [5, 5.41) is 4.46. The maximum Gasteiger partial charge on any atom is 0.0455 e. The third-order valence-corrected chi connectivity index (χ3v) is 3.69. The number of aryl methyl sites for hydroxylation is 1. The van der Waals surface area contributed by atoms with Crippen LogP contribution in [0.25, 0.3) is 0 Å². The monoisotopic (exact) mass is 252 g/mol. The van der Waals surface area contributed by atoms with Crippen LogP contribution in [0.1, 0.15) is 25.8 Å². The Kier molecular flexibility index (Phi) is 3.95. The van der Waals surface area contributed by atoms with Crippen molar-refractivity contribution in [3.8, 4) is 0 Å². The van der Waals surface area contributed by atoms with Crippen LogP contribution in [-0.4, -0.2) is 25.2 Å². The van der Waals surface area contributed by atoms with Crippen LogP contribution in [0.4, 0.5) is 5.69 Å². The maximum atomic E-state index is 6.17. The number of nitrogens with zero attached hydrogens (tertiary/aromatic N) is 1. The summed E-state index contributed by atoms with van der Waals surface area (Å²) in [5.41, 5.74) is 2.39. The zero-order valence-electron chi connectivity index (χ0n) is 10.8. The Balaban J connectivity index is 2.02. The fraction of sp³-hybridized carbons (Fsp3) is 0.571. The normalized spacial score (nSPS) is 20.3. The zero-order chi connectivity index (χ0) is 12.4. The van der Waals surface area contributed by atoms with Crippen LogP contribution < -0.4 is 10.2 Å². The first-order chi connectivity index (χ1) is 8.06. The second-order valence-electron chi connectivity index (χ2n) is 5.19. The molecule has 0 radical (unpaired) electrons. The predicted molar refractivity (Wildman–Crippen MR) is 75.1 cm³/mol. The van der Waals surface area contributed by atoms with Gasteiger partial charge in [0.05, 0.1) is 0 Å². The molecule has 0 amide bonds. The summed E-state index contributed by atoms with van der Waals surface area (Å²) < 4.78 is 0. The highest BCUT2D eigenvalue weighted by atomic mass is 35.5. The van der Waals surface area contributed by atoms with E-state index in [1.165, 1.54) is 12.1 Å². The first-order valence-corrected chi connectivity index (χ1v) is 6.71. The Morgan fingerprint density at radius 1 is 1.41 bits per heavy atom. The molecule has 0 spiro atoms. The summed E-state index contributed by atoms with van der Waals surface area (Å²) in [5.74, 6) is 0. The number of rotatable bonds is 3. The molecule has 1 saturated heterocycles. The van der Waals surface area contributed by atoms with E-state index in [4.69, 9.17) is 11.6 Å². The molecule has 17 heavy (non-hydrogen) atoms. The number of nitrogens with one attached hydrogen (secondary N) is 1. The van der Waals surface area contributed by atoms with E-state index in [-0.39, 0.29) is 0 Å². The Morgan fingerprint density at radius 3 is 2.82 bits per heavy atom. The van der Waals surface area contributed by atoms with Crippen molar-refractivity contribution in [1.29, 1.82) is 0 Å². The van der Waals surface area contributed by atoms with Crippen molar-refractivity contribution in [2.45, 2.75) is 39.3 Å². The minimum Gasteiger partial charge on any atom is -0.370 e. The fourth-order valence-corrected chi connectivity index (χ4v) is 2.56. The smallest absolute Gasteiger partial charge is 0.0455 e. The summed E-state index contributed by atoms with van der Waals surface area (Å²) in [4.78, 5) is 2.41. The van der Waals surface area contributed by atoms with Gasteiger partial charge in [0.1, 0.15) is 0 Å². The molecule has 1 N–H and O–H groups in total. The van der Waals surface area contributed by atoms with Gasteiger partial charge in [0.15, 0.2) is 0 Å². The SMILES string of the molecule is Cc1ccc(N2CCC(NC(C)C)C2)cc1Cl. The molecule has 1 aliphatic heterocycles.